The van der Waals surface area contributed by atoms with Gasteiger partial charge in [0, 0.05) is 0 Å². The molecule has 0 atom stereocenters. The Morgan fingerprint density at radius 2 is 1.15 bits per heavy atom. The van der Waals surface area contributed by atoms with Crippen molar-refractivity contribution in [3.63, 3.8) is 0 Å². The molecule has 108 valence electrons. The first-order valence-electron chi connectivity index (χ1n) is 7.17. The third-order valence-electron chi connectivity index (χ3n) is 2.79. The number of hydrogen-bond acceptors (Lipinski definition) is 6. The van der Waals surface area contributed by atoms with E-state index < -0.39 is 0 Å². The third-order valence-corrected chi connectivity index (χ3v) is 2.79. The molecule has 1 aromatic rings. The summed E-state index contributed by atoms with van der Waals surface area (Å²) in [6, 6.07) is 0. The van der Waals surface area contributed by atoms with Gasteiger partial charge in [-0.15, -0.1) is 20.4 Å². The molecule has 0 aromatic carbocycles. The summed E-state index contributed by atoms with van der Waals surface area (Å²) >= 11 is 0. The van der Waals surface area contributed by atoms with Crippen LogP contribution in [0, 0.1) is 0 Å². The minimum atomic E-state index is 0.440. The van der Waals surface area contributed by atoms with Crippen LogP contribution in [0.4, 0.5) is 0 Å². The van der Waals surface area contributed by atoms with Gasteiger partial charge in [-0.05, 0) is 37.8 Å². The Hall–Kier alpha value is -1.98. The van der Waals surface area contributed by atoms with Crippen LogP contribution < -0.4 is 0 Å². The lowest BCUT2D eigenvalue weighted by Gasteiger charge is -2.14. The van der Waals surface area contributed by atoms with Crippen molar-refractivity contribution in [1.29, 1.82) is 0 Å². The van der Waals surface area contributed by atoms with Crippen molar-refractivity contribution in [2.45, 2.75) is 39.5 Å². The van der Waals surface area contributed by atoms with Gasteiger partial charge in [-0.2, -0.15) is 0 Å². The summed E-state index contributed by atoms with van der Waals surface area (Å²) in [6.07, 6.45) is 7.96. The van der Waals surface area contributed by atoms with Crippen LogP contribution in [-0.4, -0.2) is 33.6 Å². The molecule has 2 aliphatic rings. The van der Waals surface area contributed by atoms with E-state index in [9.17, 15) is 0 Å². The van der Waals surface area contributed by atoms with Gasteiger partial charge in [-0.25, -0.2) is 0 Å². The van der Waals surface area contributed by atoms with Crippen molar-refractivity contribution in [2.24, 2.45) is 0 Å². The quantitative estimate of drug-likeness (QED) is 0.827. The number of nitrogens with zero attached hydrogens (tertiary/aromatic N) is 4. The molecular weight excluding hydrogens is 256 g/mol. The average Bonchev–Trinajstić information content (AvgIpc) is 2.58. The third kappa shape index (κ3) is 3.53. The van der Waals surface area contributed by atoms with Crippen molar-refractivity contribution in [2.75, 3.05) is 13.2 Å². The Balaban J connectivity index is 0.000000704. The highest BCUT2D eigenvalue weighted by Crippen LogP contribution is 2.19. The molecule has 3 rings (SSSR count). The normalized spacial score (nSPS) is 17.7. The number of rotatable bonds is 2. The van der Waals surface area contributed by atoms with Crippen LogP contribution in [0.1, 0.15) is 51.2 Å². The van der Waals surface area contributed by atoms with Crippen LogP contribution in [-0.2, 0) is 9.47 Å². The highest BCUT2D eigenvalue weighted by Gasteiger charge is 2.15. The van der Waals surface area contributed by atoms with Gasteiger partial charge in [0.25, 0.3) is 0 Å². The first-order chi connectivity index (χ1) is 9.93. The second-order valence-corrected chi connectivity index (χ2v) is 4.17. The summed E-state index contributed by atoms with van der Waals surface area (Å²) in [7, 11) is 0. The van der Waals surface area contributed by atoms with Crippen LogP contribution in [0.3, 0.4) is 0 Å². The van der Waals surface area contributed by atoms with E-state index >= 15 is 0 Å². The minimum Gasteiger partial charge on any atom is -0.490 e. The highest BCUT2D eigenvalue weighted by molar-refractivity contribution is 5.54. The molecule has 0 N–H and O–H groups in total. The summed E-state index contributed by atoms with van der Waals surface area (Å²) in [5.74, 6) is 2.22. The second kappa shape index (κ2) is 7.57. The molecule has 0 spiro atoms. The van der Waals surface area contributed by atoms with Gasteiger partial charge in [-0.1, -0.05) is 13.8 Å². The molecule has 0 saturated heterocycles. The van der Waals surface area contributed by atoms with E-state index in [-0.39, 0.29) is 0 Å². The van der Waals surface area contributed by atoms with Crippen molar-refractivity contribution in [3.05, 3.63) is 23.8 Å². The summed E-state index contributed by atoms with van der Waals surface area (Å²) in [4.78, 5) is 0. The van der Waals surface area contributed by atoms with Crippen LogP contribution in [0.2, 0.25) is 0 Å². The molecule has 0 radical (unpaired) electrons. The number of ether oxygens (including phenoxy) is 2. The molecule has 0 unspecified atom stereocenters. The fourth-order valence-electron chi connectivity index (χ4n) is 1.85. The summed E-state index contributed by atoms with van der Waals surface area (Å²) in [5.41, 5.74) is 0. The monoisotopic (exact) mass is 276 g/mol. The Labute approximate surface area is 118 Å². The van der Waals surface area contributed by atoms with E-state index in [1.54, 1.807) is 0 Å². The van der Waals surface area contributed by atoms with Gasteiger partial charge in [0.1, 0.15) is 0 Å². The molecule has 6 nitrogen and oxygen atoms in total. The molecule has 0 amide bonds. The average molecular weight is 276 g/mol. The highest BCUT2D eigenvalue weighted by atomic mass is 16.5. The zero-order valence-electron chi connectivity index (χ0n) is 12.0. The molecule has 20 heavy (non-hydrogen) atoms. The Kier molecular flexibility index (Phi) is 5.46. The van der Waals surface area contributed by atoms with E-state index in [1.165, 1.54) is 0 Å². The van der Waals surface area contributed by atoms with Gasteiger partial charge in [0.2, 0.25) is 11.6 Å². The van der Waals surface area contributed by atoms with Gasteiger partial charge in [0.05, 0.1) is 13.2 Å². The lowest BCUT2D eigenvalue weighted by atomic mass is 10.2. The summed E-state index contributed by atoms with van der Waals surface area (Å²) in [6.45, 7) is 5.40. The maximum atomic E-state index is 5.46. The zero-order chi connectivity index (χ0) is 14.2. The van der Waals surface area contributed by atoms with Gasteiger partial charge >= 0.3 is 0 Å². The van der Waals surface area contributed by atoms with Crippen LogP contribution in [0.15, 0.2) is 12.2 Å². The Bertz CT molecular complexity index is 437. The first kappa shape index (κ1) is 14.4. The molecular formula is C14H20N4O2. The fraction of sp³-hybridized carbons (Fsp3) is 0.571. The van der Waals surface area contributed by atoms with Crippen LogP contribution >= 0.6 is 0 Å². The molecule has 0 aliphatic carbocycles. The van der Waals surface area contributed by atoms with E-state index in [2.05, 4.69) is 20.4 Å². The van der Waals surface area contributed by atoms with Gasteiger partial charge < -0.3 is 9.47 Å². The fourth-order valence-corrected chi connectivity index (χ4v) is 1.85. The van der Waals surface area contributed by atoms with E-state index in [4.69, 9.17) is 9.47 Å². The Morgan fingerprint density at radius 1 is 0.750 bits per heavy atom. The standard InChI is InChI=1S/C12H14N4O2.C2H6/c1-3-7-17-9(5-1)11-13-15-12(16-14-11)10-6-2-4-8-18-10;1-2/h5-6H,1-4,7-8H2;1-2H3. The summed E-state index contributed by atoms with van der Waals surface area (Å²) < 4.78 is 10.9. The van der Waals surface area contributed by atoms with E-state index in [0.717, 1.165) is 25.7 Å². The van der Waals surface area contributed by atoms with E-state index in [0.29, 0.717) is 36.4 Å². The zero-order valence-corrected chi connectivity index (χ0v) is 12.0. The van der Waals surface area contributed by atoms with Crippen molar-refractivity contribution < 1.29 is 9.47 Å². The summed E-state index contributed by atoms with van der Waals surface area (Å²) in [5, 5.41) is 16.2. The lowest BCUT2D eigenvalue weighted by Crippen LogP contribution is -2.11. The molecule has 0 saturated carbocycles. The topological polar surface area (TPSA) is 70.0 Å². The maximum absolute atomic E-state index is 5.46. The van der Waals surface area contributed by atoms with Gasteiger partial charge in [0.15, 0.2) is 11.5 Å². The smallest absolute Gasteiger partial charge is 0.237 e. The molecule has 6 heteroatoms. The number of allylic oxidation sites excluding steroid dienone is 2. The lowest BCUT2D eigenvalue weighted by molar-refractivity contribution is 0.251. The maximum Gasteiger partial charge on any atom is 0.237 e. The SMILES string of the molecule is C1=C(c2nnc(C3=CCCCO3)nn2)OCCC1.CC. The van der Waals surface area contributed by atoms with Crippen LogP contribution in [0.25, 0.3) is 11.5 Å². The van der Waals surface area contributed by atoms with E-state index in [1.807, 2.05) is 26.0 Å². The van der Waals surface area contributed by atoms with Crippen molar-refractivity contribution in [1.82, 2.24) is 20.4 Å². The first-order valence-corrected chi connectivity index (χ1v) is 7.17. The predicted molar refractivity (Wildman–Crippen MR) is 75.3 cm³/mol. The van der Waals surface area contributed by atoms with Crippen molar-refractivity contribution >= 4 is 11.5 Å². The number of hydrogen-bond donors (Lipinski definition) is 0. The van der Waals surface area contributed by atoms with Crippen LogP contribution in [0.5, 0.6) is 0 Å². The Morgan fingerprint density at radius 3 is 1.45 bits per heavy atom. The van der Waals surface area contributed by atoms with Crippen molar-refractivity contribution in [3.8, 4) is 0 Å². The predicted octanol–water partition coefficient (Wildman–Crippen LogP) is 2.60. The van der Waals surface area contributed by atoms with Gasteiger partial charge in [-0.3, -0.25) is 0 Å². The molecule has 0 fully saturated rings. The number of aromatic nitrogens is 4. The molecule has 1 aromatic heterocycles. The molecule has 3 heterocycles. The largest absolute Gasteiger partial charge is 0.490 e. The molecule has 0 bridgehead atoms. The second-order valence-electron chi connectivity index (χ2n) is 4.17. The minimum absolute atomic E-state index is 0.440. The molecule has 2 aliphatic heterocycles.